The smallest absolute Gasteiger partial charge is 0.301 e. The van der Waals surface area contributed by atoms with Gasteiger partial charge in [0.15, 0.2) is 5.13 Å². The second-order valence-electron chi connectivity index (χ2n) is 8.21. The van der Waals surface area contributed by atoms with Gasteiger partial charge in [-0.2, -0.15) is 0 Å². The molecule has 0 saturated carbocycles. The van der Waals surface area contributed by atoms with E-state index in [1.807, 2.05) is 6.92 Å². The number of fused-ring (bicyclic) bond motifs is 1. The average molecular weight is 523 g/mol. The summed E-state index contributed by atoms with van der Waals surface area (Å²) >= 11 is 7.31. The molecule has 36 heavy (non-hydrogen) atoms. The fraction of sp³-hybridized carbons (Fsp3) is 0.148. The predicted molar refractivity (Wildman–Crippen MR) is 138 cm³/mol. The largest absolute Gasteiger partial charge is 0.507 e. The van der Waals surface area contributed by atoms with Crippen LogP contribution in [0.15, 0.2) is 72.3 Å². The van der Waals surface area contributed by atoms with Crippen molar-refractivity contribution in [1.29, 1.82) is 0 Å². The number of nitrogens with zero attached hydrogens (tertiary/aromatic N) is 2. The lowest BCUT2D eigenvalue weighted by Crippen LogP contribution is -2.29. The molecule has 9 heteroatoms. The molecule has 6 nitrogen and oxygen atoms in total. The summed E-state index contributed by atoms with van der Waals surface area (Å²) in [6, 6.07) is 16.3. The van der Waals surface area contributed by atoms with E-state index in [0.29, 0.717) is 34.0 Å². The molecule has 1 aliphatic heterocycles. The van der Waals surface area contributed by atoms with E-state index in [4.69, 9.17) is 16.3 Å². The molecule has 2 heterocycles. The number of Topliss-reactive ketones (excluding diaryl/α,β-unsaturated/α-hetero) is 1. The number of thiazole rings is 1. The molecule has 182 valence electrons. The molecule has 1 N–H and O–H groups in total. The van der Waals surface area contributed by atoms with E-state index in [1.165, 1.54) is 40.5 Å². The van der Waals surface area contributed by atoms with Crippen molar-refractivity contribution in [3.63, 3.8) is 0 Å². The minimum atomic E-state index is -1.01. The highest BCUT2D eigenvalue weighted by atomic mass is 35.5. The number of aliphatic hydroxyl groups is 1. The van der Waals surface area contributed by atoms with Crippen LogP contribution in [0.3, 0.4) is 0 Å². The summed E-state index contributed by atoms with van der Waals surface area (Å²) < 4.78 is 20.1. The molecule has 1 saturated heterocycles. The highest BCUT2D eigenvalue weighted by molar-refractivity contribution is 7.22. The molecular formula is C27H20ClFN2O4S. The van der Waals surface area contributed by atoms with Gasteiger partial charge in [0.05, 0.1) is 28.4 Å². The Morgan fingerprint density at radius 1 is 1.14 bits per heavy atom. The zero-order valence-electron chi connectivity index (χ0n) is 19.1. The van der Waals surface area contributed by atoms with Gasteiger partial charge in [0.2, 0.25) is 0 Å². The van der Waals surface area contributed by atoms with Crippen molar-refractivity contribution in [3.05, 3.63) is 94.3 Å². The SMILES string of the molecule is CCCOc1cccc(/C(O)=C2\C(=O)C(=O)N(c3nc4ccc(Cl)cc4s3)C2c2ccc(F)cc2)c1. The van der Waals surface area contributed by atoms with Crippen LogP contribution in [0.4, 0.5) is 9.52 Å². The van der Waals surface area contributed by atoms with Gasteiger partial charge in [0.1, 0.15) is 17.3 Å². The minimum Gasteiger partial charge on any atom is -0.507 e. The molecular weight excluding hydrogens is 503 g/mol. The Hall–Kier alpha value is -3.75. The van der Waals surface area contributed by atoms with Crippen LogP contribution in [-0.4, -0.2) is 28.4 Å². The molecule has 0 spiro atoms. The molecule has 1 unspecified atom stereocenters. The molecule has 1 amide bonds. The van der Waals surface area contributed by atoms with Gasteiger partial charge in [-0.3, -0.25) is 14.5 Å². The number of aromatic nitrogens is 1. The number of benzene rings is 3. The third-order valence-electron chi connectivity index (χ3n) is 5.76. The summed E-state index contributed by atoms with van der Waals surface area (Å²) in [5.41, 5.74) is 1.27. The Morgan fingerprint density at radius 2 is 1.92 bits per heavy atom. The van der Waals surface area contributed by atoms with E-state index in [0.717, 1.165) is 11.1 Å². The van der Waals surface area contributed by atoms with Crippen molar-refractivity contribution in [2.75, 3.05) is 11.5 Å². The number of hydrogen-bond donors (Lipinski definition) is 1. The topological polar surface area (TPSA) is 79.7 Å². The van der Waals surface area contributed by atoms with E-state index in [1.54, 1.807) is 42.5 Å². The third-order valence-corrected chi connectivity index (χ3v) is 7.01. The van der Waals surface area contributed by atoms with Crippen LogP contribution < -0.4 is 9.64 Å². The number of aliphatic hydroxyl groups excluding tert-OH is 1. The normalized spacial score (nSPS) is 17.2. The second-order valence-corrected chi connectivity index (χ2v) is 9.65. The van der Waals surface area contributed by atoms with Gasteiger partial charge in [-0.15, -0.1) is 0 Å². The molecule has 5 rings (SSSR count). The molecule has 0 bridgehead atoms. The van der Waals surface area contributed by atoms with Crippen LogP contribution in [0, 0.1) is 5.82 Å². The molecule has 4 aromatic rings. The Labute approximate surface area is 215 Å². The summed E-state index contributed by atoms with van der Waals surface area (Å²) in [5, 5.41) is 12.1. The van der Waals surface area contributed by atoms with Gasteiger partial charge in [-0.05, 0) is 54.4 Å². The molecule has 1 aromatic heterocycles. The van der Waals surface area contributed by atoms with Crippen molar-refractivity contribution in [3.8, 4) is 5.75 Å². The quantitative estimate of drug-likeness (QED) is 0.177. The van der Waals surface area contributed by atoms with Crippen molar-refractivity contribution in [2.45, 2.75) is 19.4 Å². The first-order valence-electron chi connectivity index (χ1n) is 11.2. The number of halogens is 2. The monoisotopic (exact) mass is 522 g/mol. The van der Waals surface area contributed by atoms with Gasteiger partial charge >= 0.3 is 5.91 Å². The van der Waals surface area contributed by atoms with Crippen molar-refractivity contribution in [1.82, 2.24) is 4.98 Å². The fourth-order valence-electron chi connectivity index (χ4n) is 4.09. The third kappa shape index (κ3) is 4.34. The van der Waals surface area contributed by atoms with Crippen LogP contribution >= 0.6 is 22.9 Å². The van der Waals surface area contributed by atoms with E-state index >= 15 is 0 Å². The standard InChI is InChI=1S/C27H20ClFN2O4S/c1-2-12-35-19-5-3-4-16(13-19)24(32)22-23(15-6-9-18(29)10-7-15)31(26(34)25(22)33)27-30-20-11-8-17(28)14-21(20)36-27/h3-11,13-14,23,32H,2,12H2,1H3/b24-22+. The second kappa shape index (κ2) is 9.72. The maximum atomic E-state index is 13.7. The van der Waals surface area contributed by atoms with Crippen LogP contribution in [0.2, 0.25) is 5.02 Å². The summed E-state index contributed by atoms with van der Waals surface area (Å²) in [7, 11) is 0. The highest BCUT2D eigenvalue weighted by Crippen LogP contribution is 2.44. The first-order valence-corrected chi connectivity index (χ1v) is 12.4. The van der Waals surface area contributed by atoms with Crippen LogP contribution in [0.25, 0.3) is 16.0 Å². The zero-order chi connectivity index (χ0) is 25.4. The van der Waals surface area contributed by atoms with Gasteiger partial charge in [-0.1, -0.05) is 54.1 Å². The maximum Gasteiger partial charge on any atom is 0.301 e. The number of carbonyl (C=O) groups is 2. The molecule has 1 aliphatic rings. The number of ether oxygens (including phenoxy) is 1. The number of carbonyl (C=O) groups excluding carboxylic acids is 2. The Balaban J connectivity index is 1.68. The number of anilines is 1. The Morgan fingerprint density at radius 3 is 2.67 bits per heavy atom. The summed E-state index contributed by atoms with van der Waals surface area (Å²) in [5.74, 6) is -1.99. The number of rotatable bonds is 6. The molecule has 0 aliphatic carbocycles. The van der Waals surface area contributed by atoms with Crippen molar-refractivity contribution in [2.24, 2.45) is 0 Å². The first-order chi connectivity index (χ1) is 17.4. The van der Waals surface area contributed by atoms with Gasteiger partial charge < -0.3 is 9.84 Å². The summed E-state index contributed by atoms with van der Waals surface area (Å²) in [6.45, 7) is 2.47. The zero-order valence-corrected chi connectivity index (χ0v) is 20.6. The van der Waals surface area contributed by atoms with Gasteiger partial charge in [0, 0.05) is 10.6 Å². The van der Waals surface area contributed by atoms with E-state index in [2.05, 4.69) is 4.98 Å². The maximum absolute atomic E-state index is 13.7. The van der Waals surface area contributed by atoms with Crippen molar-refractivity contribution >= 4 is 55.7 Å². The van der Waals surface area contributed by atoms with Crippen LogP contribution in [-0.2, 0) is 9.59 Å². The average Bonchev–Trinajstić information content (AvgIpc) is 3.40. The van der Waals surface area contributed by atoms with Crippen molar-refractivity contribution < 1.29 is 23.8 Å². The van der Waals surface area contributed by atoms with Crippen LogP contribution in [0.5, 0.6) is 5.75 Å². The fourth-order valence-corrected chi connectivity index (χ4v) is 5.36. The molecule has 1 fully saturated rings. The number of hydrogen-bond acceptors (Lipinski definition) is 6. The predicted octanol–water partition coefficient (Wildman–Crippen LogP) is 6.50. The van der Waals surface area contributed by atoms with Gasteiger partial charge in [-0.25, -0.2) is 9.37 Å². The number of amides is 1. The van der Waals surface area contributed by atoms with Gasteiger partial charge in [0.25, 0.3) is 5.78 Å². The first kappa shape index (κ1) is 24.0. The van der Waals surface area contributed by atoms with E-state index in [-0.39, 0.29) is 16.5 Å². The lowest BCUT2D eigenvalue weighted by Gasteiger charge is -2.23. The van der Waals surface area contributed by atoms with E-state index < -0.39 is 23.5 Å². The molecule has 3 aromatic carbocycles. The summed E-state index contributed by atoms with van der Waals surface area (Å²) in [4.78, 5) is 32.4. The number of ketones is 1. The lowest BCUT2D eigenvalue weighted by molar-refractivity contribution is -0.132. The lowest BCUT2D eigenvalue weighted by atomic mass is 9.95. The molecule has 0 radical (unpaired) electrons. The Bertz CT molecular complexity index is 1520. The Kier molecular flexibility index (Phi) is 6.47. The minimum absolute atomic E-state index is 0.114. The van der Waals surface area contributed by atoms with E-state index in [9.17, 15) is 19.1 Å². The highest BCUT2D eigenvalue weighted by Gasteiger charge is 2.48. The summed E-state index contributed by atoms with van der Waals surface area (Å²) in [6.07, 6.45) is 0.805. The van der Waals surface area contributed by atoms with Crippen LogP contribution in [0.1, 0.15) is 30.5 Å². The molecule has 1 atom stereocenters.